The van der Waals surface area contributed by atoms with Crippen LogP contribution in [0.15, 0.2) is 30.2 Å². The number of pyridine rings is 1. The summed E-state index contributed by atoms with van der Waals surface area (Å²) in [5.41, 5.74) is 1.39. The minimum Gasteiger partial charge on any atom is -0.318 e. The van der Waals surface area contributed by atoms with Crippen molar-refractivity contribution in [1.29, 1.82) is 0 Å². The van der Waals surface area contributed by atoms with Crippen molar-refractivity contribution in [3.8, 4) is 0 Å². The standard InChI is InChI=1S/C10H11NO/c1-4-8-6-7-11(3)10(12)9(8)5-2/h4-7H,1-2H2,3H3. The van der Waals surface area contributed by atoms with Gasteiger partial charge in [0.15, 0.2) is 0 Å². The van der Waals surface area contributed by atoms with Crippen molar-refractivity contribution in [3.05, 3.63) is 46.9 Å². The van der Waals surface area contributed by atoms with Gasteiger partial charge in [-0.05, 0) is 11.6 Å². The van der Waals surface area contributed by atoms with E-state index in [0.29, 0.717) is 5.56 Å². The summed E-state index contributed by atoms with van der Waals surface area (Å²) in [5.74, 6) is 0. The molecule has 0 amide bonds. The molecule has 1 aromatic heterocycles. The average Bonchev–Trinajstić information content (AvgIpc) is 2.09. The van der Waals surface area contributed by atoms with E-state index in [0.717, 1.165) is 5.56 Å². The van der Waals surface area contributed by atoms with Gasteiger partial charge in [-0.15, -0.1) is 0 Å². The number of nitrogens with zero attached hydrogens (tertiary/aromatic N) is 1. The Kier molecular flexibility index (Phi) is 2.29. The maximum absolute atomic E-state index is 11.4. The summed E-state index contributed by atoms with van der Waals surface area (Å²) in [6, 6.07) is 1.84. The van der Waals surface area contributed by atoms with Gasteiger partial charge in [-0.3, -0.25) is 4.79 Å². The molecule has 1 rings (SSSR count). The van der Waals surface area contributed by atoms with Crippen molar-refractivity contribution in [1.82, 2.24) is 4.57 Å². The molecule has 2 heteroatoms. The van der Waals surface area contributed by atoms with Crippen LogP contribution in [-0.2, 0) is 7.05 Å². The summed E-state index contributed by atoms with van der Waals surface area (Å²) in [4.78, 5) is 11.4. The van der Waals surface area contributed by atoms with Crippen LogP contribution in [0.25, 0.3) is 12.2 Å². The fourth-order valence-electron chi connectivity index (χ4n) is 1.05. The summed E-state index contributed by atoms with van der Waals surface area (Å²) < 4.78 is 1.52. The van der Waals surface area contributed by atoms with Gasteiger partial charge in [0.05, 0.1) is 0 Å². The average molecular weight is 161 g/mol. The molecule has 0 radical (unpaired) electrons. The summed E-state index contributed by atoms with van der Waals surface area (Å²) in [6.45, 7) is 7.19. The van der Waals surface area contributed by atoms with Gasteiger partial charge in [0.25, 0.3) is 5.56 Å². The van der Waals surface area contributed by atoms with E-state index in [1.54, 1.807) is 25.4 Å². The Bertz CT molecular complexity index is 374. The largest absolute Gasteiger partial charge is 0.318 e. The smallest absolute Gasteiger partial charge is 0.258 e. The van der Waals surface area contributed by atoms with Crippen molar-refractivity contribution in [3.63, 3.8) is 0 Å². The second-order valence-corrected chi connectivity index (χ2v) is 2.51. The predicted octanol–water partition coefficient (Wildman–Crippen LogP) is 1.67. The second-order valence-electron chi connectivity index (χ2n) is 2.51. The van der Waals surface area contributed by atoms with Crippen molar-refractivity contribution >= 4 is 12.2 Å². The van der Waals surface area contributed by atoms with Crippen LogP contribution < -0.4 is 5.56 Å². The number of hydrogen-bond acceptors (Lipinski definition) is 1. The number of hydrogen-bond donors (Lipinski definition) is 0. The Labute approximate surface area is 71.5 Å². The third-order valence-corrected chi connectivity index (χ3v) is 1.76. The molecule has 0 fully saturated rings. The zero-order valence-corrected chi connectivity index (χ0v) is 7.08. The molecule has 0 spiro atoms. The van der Waals surface area contributed by atoms with Gasteiger partial charge < -0.3 is 4.57 Å². The molecule has 62 valence electrons. The van der Waals surface area contributed by atoms with Gasteiger partial charge >= 0.3 is 0 Å². The van der Waals surface area contributed by atoms with E-state index in [4.69, 9.17) is 0 Å². The van der Waals surface area contributed by atoms with E-state index >= 15 is 0 Å². The molecular weight excluding hydrogens is 150 g/mol. The van der Waals surface area contributed by atoms with Crippen LogP contribution in [0.4, 0.5) is 0 Å². The quantitative estimate of drug-likeness (QED) is 0.646. The molecule has 0 aliphatic heterocycles. The molecule has 2 nitrogen and oxygen atoms in total. The summed E-state index contributed by atoms with van der Waals surface area (Å²) in [7, 11) is 1.71. The molecule has 0 aliphatic rings. The third kappa shape index (κ3) is 1.23. The molecule has 0 unspecified atom stereocenters. The van der Waals surface area contributed by atoms with E-state index in [9.17, 15) is 4.79 Å². The normalized spacial score (nSPS) is 9.42. The van der Waals surface area contributed by atoms with E-state index in [1.165, 1.54) is 4.57 Å². The molecule has 0 N–H and O–H groups in total. The third-order valence-electron chi connectivity index (χ3n) is 1.76. The Hall–Kier alpha value is -1.57. The fraction of sp³-hybridized carbons (Fsp3) is 0.100. The van der Waals surface area contributed by atoms with Crippen LogP contribution in [0.1, 0.15) is 11.1 Å². The second kappa shape index (κ2) is 3.22. The van der Waals surface area contributed by atoms with Gasteiger partial charge in [0, 0.05) is 18.8 Å². The van der Waals surface area contributed by atoms with Crippen LogP contribution in [0, 0.1) is 0 Å². The lowest BCUT2D eigenvalue weighted by Gasteiger charge is -2.02. The Morgan fingerprint density at radius 2 is 2.08 bits per heavy atom. The first-order valence-electron chi connectivity index (χ1n) is 3.65. The van der Waals surface area contributed by atoms with Gasteiger partial charge in [0.2, 0.25) is 0 Å². The number of aromatic nitrogens is 1. The summed E-state index contributed by atoms with van der Waals surface area (Å²) in [5, 5.41) is 0. The molecule has 0 saturated carbocycles. The SMILES string of the molecule is C=Cc1ccn(C)c(=O)c1C=C. The van der Waals surface area contributed by atoms with Crippen molar-refractivity contribution in [2.24, 2.45) is 7.05 Å². The van der Waals surface area contributed by atoms with Gasteiger partial charge in [-0.2, -0.15) is 0 Å². The molecule has 0 aromatic carbocycles. The van der Waals surface area contributed by atoms with Crippen molar-refractivity contribution in [2.75, 3.05) is 0 Å². The molecule has 0 atom stereocenters. The highest BCUT2D eigenvalue weighted by atomic mass is 16.1. The van der Waals surface area contributed by atoms with E-state index in [2.05, 4.69) is 13.2 Å². The Balaban J connectivity index is 3.56. The van der Waals surface area contributed by atoms with Gasteiger partial charge in [-0.25, -0.2) is 0 Å². The molecule has 0 saturated heterocycles. The topological polar surface area (TPSA) is 22.0 Å². The first kappa shape index (κ1) is 8.53. The summed E-state index contributed by atoms with van der Waals surface area (Å²) in [6.07, 6.45) is 4.92. The highest BCUT2D eigenvalue weighted by Crippen LogP contribution is 2.05. The number of aryl methyl sites for hydroxylation is 1. The minimum atomic E-state index is -0.0394. The van der Waals surface area contributed by atoms with E-state index in [1.807, 2.05) is 6.07 Å². The zero-order chi connectivity index (χ0) is 9.14. The molecule has 0 aliphatic carbocycles. The molecular formula is C10H11NO. The highest BCUT2D eigenvalue weighted by molar-refractivity contribution is 5.62. The highest BCUT2D eigenvalue weighted by Gasteiger charge is 2.00. The van der Waals surface area contributed by atoms with E-state index in [-0.39, 0.29) is 5.56 Å². The Morgan fingerprint density at radius 1 is 1.42 bits per heavy atom. The van der Waals surface area contributed by atoms with Crippen molar-refractivity contribution in [2.45, 2.75) is 0 Å². The van der Waals surface area contributed by atoms with Crippen molar-refractivity contribution < 1.29 is 0 Å². The number of rotatable bonds is 2. The van der Waals surface area contributed by atoms with E-state index < -0.39 is 0 Å². The maximum atomic E-state index is 11.4. The van der Waals surface area contributed by atoms with Gasteiger partial charge in [0.1, 0.15) is 0 Å². The predicted molar refractivity (Wildman–Crippen MR) is 51.9 cm³/mol. The maximum Gasteiger partial charge on any atom is 0.258 e. The summed E-state index contributed by atoms with van der Waals surface area (Å²) >= 11 is 0. The fourth-order valence-corrected chi connectivity index (χ4v) is 1.05. The first-order chi connectivity index (χ1) is 5.70. The lowest BCUT2D eigenvalue weighted by Crippen LogP contribution is -2.19. The van der Waals surface area contributed by atoms with Gasteiger partial charge in [-0.1, -0.05) is 25.3 Å². The minimum absolute atomic E-state index is 0.0394. The zero-order valence-electron chi connectivity index (χ0n) is 7.08. The molecule has 0 bridgehead atoms. The van der Waals surface area contributed by atoms with Crippen LogP contribution in [0.3, 0.4) is 0 Å². The molecule has 1 aromatic rings. The van der Waals surface area contributed by atoms with Crippen LogP contribution >= 0.6 is 0 Å². The molecule has 12 heavy (non-hydrogen) atoms. The van der Waals surface area contributed by atoms with Crippen LogP contribution in [-0.4, -0.2) is 4.57 Å². The van der Waals surface area contributed by atoms with Crippen LogP contribution in [0.5, 0.6) is 0 Å². The molecule has 1 heterocycles. The lowest BCUT2D eigenvalue weighted by molar-refractivity contribution is 0.856. The first-order valence-corrected chi connectivity index (χ1v) is 3.65. The van der Waals surface area contributed by atoms with Crippen LogP contribution in [0.2, 0.25) is 0 Å². The monoisotopic (exact) mass is 161 g/mol. The lowest BCUT2D eigenvalue weighted by atomic mass is 10.1. The Morgan fingerprint density at radius 3 is 2.58 bits per heavy atom.